The third-order valence-corrected chi connectivity index (χ3v) is 3.81. The summed E-state index contributed by atoms with van der Waals surface area (Å²) in [5.74, 6) is -0.640. The molecule has 0 aliphatic carbocycles. The summed E-state index contributed by atoms with van der Waals surface area (Å²) >= 11 is 5.99. The van der Waals surface area contributed by atoms with E-state index in [9.17, 15) is 9.18 Å². The Morgan fingerprint density at radius 2 is 2.12 bits per heavy atom. The lowest BCUT2D eigenvalue weighted by atomic mass is 10.2. The summed E-state index contributed by atoms with van der Waals surface area (Å²) in [5, 5.41) is 11.1. The first-order chi connectivity index (χ1) is 11.4. The van der Waals surface area contributed by atoms with E-state index in [4.69, 9.17) is 11.6 Å². The highest BCUT2D eigenvalue weighted by Gasteiger charge is 2.13. The molecule has 2 heterocycles. The van der Waals surface area contributed by atoms with Crippen LogP contribution in [0.2, 0.25) is 5.02 Å². The van der Waals surface area contributed by atoms with Gasteiger partial charge >= 0.3 is 0 Å². The summed E-state index contributed by atoms with van der Waals surface area (Å²) in [6.45, 7) is 2.16. The molecule has 3 aromatic rings. The summed E-state index contributed by atoms with van der Waals surface area (Å²) in [6, 6.07) is 5.81. The normalized spacial score (nSPS) is 10.8. The number of amides is 1. The Morgan fingerprint density at radius 1 is 1.33 bits per heavy atom. The van der Waals surface area contributed by atoms with Crippen LogP contribution in [-0.2, 0) is 13.6 Å². The molecule has 3 rings (SSSR count). The van der Waals surface area contributed by atoms with Crippen molar-refractivity contribution >= 4 is 23.5 Å². The Bertz CT molecular complexity index is 884. The summed E-state index contributed by atoms with van der Waals surface area (Å²) in [7, 11) is 1.76. The molecule has 0 fully saturated rings. The van der Waals surface area contributed by atoms with Crippen LogP contribution in [0.15, 0.2) is 30.6 Å². The Hall–Kier alpha value is -2.74. The molecule has 0 aliphatic rings. The maximum atomic E-state index is 13.1. The number of halogens is 2. The van der Waals surface area contributed by atoms with Gasteiger partial charge in [0.15, 0.2) is 5.69 Å². The highest BCUT2D eigenvalue weighted by atomic mass is 35.5. The number of aryl methyl sites for hydroxylation is 2. The van der Waals surface area contributed by atoms with Gasteiger partial charge in [-0.2, -0.15) is 5.10 Å². The smallest absolute Gasteiger partial charge is 0.278 e. The first-order valence-electron chi connectivity index (χ1n) is 7.08. The van der Waals surface area contributed by atoms with Crippen LogP contribution >= 0.6 is 11.6 Å². The lowest BCUT2D eigenvalue weighted by molar-refractivity contribution is 0.102. The molecule has 0 unspecified atom stereocenters. The molecular formula is C15H14ClFN6O. The number of nitrogens with one attached hydrogen (secondary N) is 1. The fourth-order valence-corrected chi connectivity index (χ4v) is 2.32. The molecule has 1 aromatic carbocycles. The maximum Gasteiger partial charge on any atom is 0.278 e. The predicted molar refractivity (Wildman–Crippen MR) is 86.4 cm³/mol. The van der Waals surface area contributed by atoms with Crippen LogP contribution in [0.4, 0.5) is 10.3 Å². The molecule has 24 heavy (non-hydrogen) atoms. The van der Waals surface area contributed by atoms with Gasteiger partial charge in [0.25, 0.3) is 5.91 Å². The lowest BCUT2D eigenvalue weighted by Gasteiger charge is -2.03. The van der Waals surface area contributed by atoms with Crippen LogP contribution in [0.3, 0.4) is 0 Å². The minimum Gasteiger partial charge on any atom is -0.288 e. The molecule has 0 saturated heterocycles. The molecule has 0 atom stereocenters. The third kappa shape index (κ3) is 3.43. The molecular weight excluding hydrogens is 335 g/mol. The van der Waals surface area contributed by atoms with Gasteiger partial charge in [0, 0.05) is 17.8 Å². The fraction of sp³-hybridized carbons (Fsp3) is 0.200. The quantitative estimate of drug-likeness (QED) is 0.785. The van der Waals surface area contributed by atoms with E-state index >= 15 is 0 Å². The van der Waals surface area contributed by atoms with E-state index < -0.39 is 11.7 Å². The Morgan fingerprint density at radius 3 is 2.79 bits per heavy atom. The van der Waals surface area contributed by atoms with Gasteiger partial charge in [-0.25, -0.2) is 14.1 Å². The number of hydrogen-bond donors (Lipinski definition) is 1. The average Bonchev–Trinajstić information content (AvgIpc) is 3.09. The predicted octanol–water partition coefficient (Wildman–Crippen LogP) is 2.41. The number of aromatic nitrogens is 5. The van der Waals surface area contributed by atoms with Gasteiger partial charge in [-0.3, -0.25) is 14.8 Å². The molecule has 124 valence electrons. The van der Waals surface area contributed by atoms with Crippen LogP contribution in [0, 0.1) is 12.7 Å². The van der Waals surface area contributed by atoms with E-state index in [1.807, 2.05) is 6.92 Å². The molecule has 7 nitrogen and oxygen atoms in total. The zero-order valence-corrected chi connectivity index (χ0v) is 13.8. The van der Waals surface area contributed by atoms with Gasteiger partial charge < -0.3 is 0 Å². The average molecular weight is 349 g/mol. The van der Waals surface area contributed by atoms with Crippen LogP contribution in [0.25, 0.3) is 0 Å². The van der Waals surface area contributed by atoms with Crippen molar-refractivity contribution in [1.29, 1.82) is 0 Å². The van der Waals surface area contributed by atoms with Gasteiger partial charge in [-0.05, 0) is 30.7 Å². The van der Waals surface area contributed by atoms with Crippen molar-refractivity contribution in [2.75, 3.05) is 5.32 Å². The number of nitrogens with zero attached hydrogens (tertiary/aromatic N) is 5. The second-order valence-corrected chi connectivity index (χ2v) is 5.66. The second kappa shape index (κ2) is 6.40. The molecule has 0 radical (unpaired) electrons. The first-order valence-corrected chi connectivity index (χ1v) is 7.45. The number of hydrogen-bond acceptors (Lipinski definition) is 4. The van der Waals surface area contributed by atoms with Crippen molar-refractivity contribution in [3.05, 3.63) is 58.4 Å². The maximum absolute atomic E-state index is 13.1. The van der Waals surface area contributed by atoms with E-state index in [-0.39, 0.29) is 11.6 Å². The van der Waals surface area contributed by atoms with Crippen LogP contribution in [0.1, 0.15) is 21.7 Å². The van der Waals surface area contributed by atoms with E-state index in [1.54, 1.807) is 23.9 Å². The molecule has 0 bridgehead atoms. The SMILES string of the molecule is Cc1cc(C(=O)Nc2ncn(Cc3ccc(F)cc3Cl)n2)nn1C. The third-order valence-electron chi connectivity index (χ3n) is 3.46. The number of rotatable bonds is 4. The van der Waals surface area contributed by atoms with Crippen LogP contribution < -0.4 is 5.32 Å². The molecule has 9 heteroatoms. The molecule has 0 saturated carbocycles. The van der Waals surface area contributed by atoms with Crippen molar-refractivity contribution in [2.24, 2.45) is 7.05 Å². The van der Waals surface area contributed by atoms with Gasteiger partial charge in [-0.1, -0.05) is 17.7 Å². The van der Waals surface area contributed by atoms with E-state index in [0.717, 1.165) is 5.69 Å². The highest BCUT2D eigenvalue weighted by molar-refractivity contribution is 6.31. The van der Waals surface area contributed by atoms with Gasteiger partial charge in [0.1, 0.15) is 12.1 Å². The molecule has 0 aliphatic heterocycles. The van der Waals surface area contributed by atoms with Crippen molar-refractivity contribution in [3.63, 3.8) is 0 Å². The molecule has 0 spiro atoms. The summed E-state index contributed by atoms with van der Waals surface area (Å²) in [6.07, 6.45) is 1.46. The van der Waals surface area contributed by atoms with Crippen molar-refractivity contribution < 1.29 is 9.18 Å². The van der Waals surface area contributed by atoms with Crippen molar-refractivity contribution in [3.8, 4) is 0 Å². The van der Waals surface area contributed by atoms with Gasteiger partial charge in [0.05, 0.1) is 6.54 Å². The molecule has 2 aromatic heterocycles. The van der Waals surface area contributed by atoms with Crippen LogP contribution in [-0.4, -0.2) is 30.5 Å². The minimum absolute atomic E-state index is 0.154. The van der Waals surface area contributed by atoms with Crippen molar-refractivity contribution in [1.82, 2.24) is 24.5 Å². The molecule has 1 N–H and O–H groups in total. The van der Waals surface area contributed by atoms with Gasteiger partial charge in [-0.15, -0.1) is 5.10 Å². The number of benzene rings is 1. The first kappa shape index (κ1) is 16.1. The van der Waals surface area contributed by atoms with E-state index in [1.165, 1.54) is 23.1 Å². The van der Waals surface area contributed by atoms with Gasteiger partial charge in [0.2, 0.25) is 5.95 Å². The Kier molecular flexibility index (Phi) is 4.30. The summed E-state index contributed by atoms with van der Waals surface area (Å²) < 4.78 is 16.2. The topological polar surface area (TPSA) is 77.6 Å². The Labute approximate surface area is 142 Å². The summed E-state index contributed by atoms with van der Waals surface area (Å²) in [4.78, 5) is 16.1. The number of anilines is 1. The fourth-order valence-electron chi connectivity index (χ4n) is 2.09. The minimum atomic E-state index is -0.402. The second-order valence-electron chi connectivity index (χ2n) is 5.25. The van der Waals surface area contributed by atoms with E-state index in [2.05, 4.69) is 20.5 Å². The van der Waals surface area contributed by atoms with Crippen LogP contribution in [0.5, 0.6) is 0 Å². The number of carbonyl (C=O) groups excluding carboxylic acids is 1. The largest absolute Gasteiger partial charge is 0.288 e. The number of carbonyl (C=O) groups is 1. The highest BCUT2D eigenvalue weighted by Crippen LogP contribution is 2.18. The van der Waals surface area contributed by atoms with Crippen molar-refractivity contribution in [2.45, 2.75) is 13.5 Å². The zero-order chi connectivity index (χ0) is 17.3. The van der Waals surface area contributed by atoms with E-state index in [0.29, 0.717) is 17.1 Å². The molecule has 1 amide bonds. The summed E-state index contributed by atoms with van der Waals surface area (Å²) in [5.41, 5.74) is 1.85. The standard InChI is InChI=1S/C15H14ClFN6O/c1-9-5-13(20-22(9)2)14(24)19-15-18-8-23(21-15)7-10-3-4-11(17)6-12(10)16/h3-6,8H,7H2,1-2H3,(H,19,21,24). The Balaban J connectivity index is 1.70. The monoisotopic (exact) mass is 348 g/mol. The lowest BCUT2D eigenvalue weighted by Crippen LogP contribution is -2.14. The zero-order valence-electron chi connectivity index (χ0n) is 13.0.